The Labute approximate surface area is 148 Å². The maximum Gasteiger partial charge on any atom is 0.254 e. The number of aromatic nitrogens is 1. The molecule has 0 spiro atoms. The molecule has 25 heavy (non-hydrogen) atoms. The van der Waals surface area contributed by atoms with Crippen LogP contribution in [-0.4, -0.2) is 28.9 Å². The smallest absolute Gasteiger partial charge is 0.254 e. The van der Waals surface area contributed by atoms with Gasteiger partial charge in [-0.2, -0.15) is 0 Å². The minimum absolute atomic E-state index is 0.119. The summed E-state index contributed by atoms with van der Waals surface area (Å²) in [6.45, 7) is 5.57. The molecule has 3 nitrogen and oxygen atoms in total. The van der Waals surface area contributed by atoms with E-state index in [2.05, 4.69) is 42.4 Å². The number of rotatable bonds is 2. The van der Waals surface area contributed by atoms with Gasteiger partial charge in [0.2, 0.25) is 0 Å². The molecular formula is C22H22N2O. The fraction of sp³-hybridized carbons (Fsp3) is 0.227. The van der Waals surface area contributed by atoms with Gasteiger partial charge in [0.05, 0.1) is 0 Å². The Balaban J connectivity index is 1.58. The largest absolute Gasteiger partial charge is 0.360 e. The molecule has 3 aromatic rings. The topological polar surface area (TPSA) is 36.1 Å². The summed E-state index contributed by atoms with van der Waals surface area (Å²) in [5.41, 5.74) is 6.95. The second kappa shape index (κ2) is 6.25. The van der Waals surface area contributed by atoms with Crippen molar-refractivity contribution < 1.29 is 4.79 Å². The molecule has 0 unspecified atom stereocenters. The number of carbonyl (C=O) groups excluding carboxylic acids is 1. The number of amides is 1. The second-order valence-electron chi connectivity index (χ2n) is 6.80. The molecule has 3 heteroatoms. The van der Waals surface area contributed by atoms with Gasteiger partial charge < -0.3 is 9.88 Å². The van der Waals surface area contributed by atoms with Crippen molar-refractivity contribution >= 4 is 22.4 Å². The van der Waals surface area contributed by atoms with E-state index in [1.54, 1.807) is 0 Å². The highest BCUT2D eigenvalue weighted by molar-refractivity contribution is 5.97. The van der Waals surface area contributed by atoms with E-state index in [1.807, 2.05) is 36.1 Å². The van der Waals surface area contributed by atoms with Gasteiger partial charge in [0.15, 0.2) is 0 Å². The molecule has 4 rings (SSSR count). The van der Waals surface area contributed by atoms with Crippen LogP contribution in [0.25, 0.3) is 16.5 Å². The zero-order valence-corrected chi connectivity index (χ0v) is 14.7. The van der Waals surface area contributed by atoms with Gasteiger partial charge in [-0.3, -0.25) is 4.79 Å². The molecule has 2 heterocycles. The van der Waals surface area contributed by atoms with Crippen LogP contribution in [0.1, 0.15) is 33.5 Å². The predicted octanol–water partition coefficient (Wildman–Crippen LogP) is 4.71. The lowest BCUT2D eigenvalue weighted by Gasteiger charge is -2.26. The van der Waals surface area contributed by atoms with Gasteiger partial charge in [0, 0.05) is 41.3 Å². The molecule has 1 aliphatic heterocycles. The second-order valence-corrected chi connectivity index (χ2v) is 6.80. The van der Waals surface area contributed by atoms with Crippen molar-refractivity contribution in [2.45, 2.75) is 20.3 Å². The molecule has 126 valence electrons. The van der Waals surface area contributed by atoms with Gasteiger partial charge in [0.25, 0.3) is 5.91 Å². The molecule has 1 amide bonds. The lowest BCUT2D eigenvalue weighted by atomic mass is 9.97. The molecule has 1 aromatic heterocycles. The van der Waals surface area contributed by atoms with Crippen molar-refractivity contribution in [3.05, 3.63) is 77.0 Å². The van der Waals surface area contributed by atoms with Crippen molar-refractivity contribution in [3.63, 3.8) is 0 Å². The first-order valence-electron chi connectivity index (χ1n) is 8.75. The van der Waals surface area contributed by atoms with Gasteiger partial charge in [0.1, 0.15) is 0 Å². The molecule has 2 aromatic carbocycles. The van der Waals surface area contributed by atoms with E-state index in [0.29, 0.717) is 6.54 Å². The molecule has 1 N–H and O–H groups in total. The fourth-order valence-corrected chi connectivity index (χ4v) is 3.63. The van der Waals surface area contributed by atoms with E-state index in [-0.39, 0.29) is 5.91 Å². The summed E-state index contributed by atoms with van der Waals surface area (Å²) in [5.74, 6) is 0.119. The first-order chi connectivity index (χ1) is 12.1. The number of carbonyl (C=O) groups is 1. The third-order valence-corrected chi connectivity index (χ3v) is 5.03. The number of nitrogens with one attached hydrogen (secondary N) is 1. The number of fused-ring (bicyclic) bond motifs is 1. The zero-order valence-electron chi connectivity index (χ0n) is 14.7. The fourth-order valence-electron chi connectivity index (χ4n) is 3.63. The van der Waals surface area contributed by atoms with E-state index in [9.17, 15) is 4.79 Å². The molecule has 0 saturated carbocycles. The Bertz CT molecular complexity index is 981. The molecule has 0 aliphatic carbocycles. The van der Waals surface area contributed by atoms with Crippen molar-refractivity contribution in [2.24, 2.45) is 0 Å². The van der Waals surface area contributed by atoms with Crippen molar-refractivity contribution in [3.8, 4) is 0 Å². The summed E-state index contributed by atoms with van der Waals surface area (Å²) < 4.78 is 0. The van der Waals surface area contributed by atoms with Gasteiger partial charge in [-0.1, -0.05) is 42.0 Å². The first-order valence-corrected chi connectivity index (χ1v) is 8.75. The normalized spacial score (nSPS) is 14.6. The number of aryl methyl sites for hydroxylation is 2. The van der Waals surface area contributed by atoms with Crippen LogP contribution in [0, 0.1) is 13.8 Å². The lowest BCUT2D eigenvalue weighted by molar-refractivity contribution is 0.0773. The van der Waals surface area contributed by atoms with Crippen LogP contribution in [0.2, 0.25) is 0 Å². The Morgan fingerprint density at radius 1 is 1.12 bits per heavy atom. The highest BCUT2D eigenvalue weighted by Crippen LogP contribution is 2.30. The van der Waals surface area contributed by atoms with Gasteiger partial charge in [-0.15, -0.1) is 0 Å². The first kappa shape index (κ1) is 15.7. The van der Waals surface area contributed by atoms with Crippen molar-refractivity contribution in [2.75, 3.05) is 13.1 Å². The molecule has 0 atom stereocenters. The van der Waals surface area contributed by atoms with Crippen LogP contribution in [0.15, 0.2) is 54.7 Å². The van der Waals surface area contributed by atoms with Gasteiger partial charge >= 0.3 is 0 Å². The molecule has 0 fully saturated rings. The van der Waals surface area contributed by atoms with E-state index >= 15 is 0 Å². The maximum atomic E-state index is 12.7. The number of hydrogen-bond acceptors (Lipinski definition) is 1. The Kier molecular flexibility index (Phi) is 3.92. The number of hydrogen-bond donors (Lipinski definition) is 1. The molecule has 0 bridgehead atoms. The lowest BCUT2D eigenvalue weighted by Crippen LogP contribution is -2.34. The van der Waals surface area contributed by atoms with E-state index in [0.717, 1.165) is 24.1 Å². The van der Waals surface area contributed by atoms with E-state index in [4.69, 9.17) is 0 Å². The minimum Gasteiger partial charge on any atom is -0.360 e. The van der Waals surface area contributed by atoms with Crippen LogP contribution in [0.5, 0.6) is 0 Å². The molecule has 0 saturated heterocycles. The van der Waals surface area contributed by atoms with Crippen LogP contribution in [0.3, 0.4) is 0 Å². The quantitative estimate of drug-likeness (QED) is 0.725. The average molecular weight is 330 g/mol. The zero-order chi connectivity index (χ0) is 17.4. The summed E-state index contributed by atoms with van der Waals surface area (Å²) in [6, 6.07) is 14.2. The molecular weight excluding hydrogens is 308 g/mol. The summed E-state index contributed by atoms with van der Waals surface area (Å²) in [7, 11) is 0. The number of benzene rings is 2. The summed E-state index contributed by atoms with van der Waals surface area (Å²) >= 11 is 0. The Hall–Kier alpha value is -2.81. The van der Waals surface area contributed by atoms with Crippen molar-refractivity contribution in [1.82, 2.24) is 9.88 Å². The van der Waals surface area contributed by atoms with Crippen molar-refractivity contribution in [1.29, 1.82) is 0 Å². The van der Waals surface area contributed by atoms with Crippen LogP contribution < -0.4 is 0 Å². The summed E-state index contributed by atoms with van der Waals surface area (Å²) in [5, 5.41) is 1.27. The average Bonchev–Trinajstić information content (AvgIpc) is 3.07. The SMILES string of the molecule is Cc1cccc(C(=O)N2CC=C(c3c[nH]c4c(C)cccc34)CC2)c1. The highest BCUT2D eigenvalue weighted by atomic mass is 16.2. The van der Waals surface area contributed by atoms with Crippen LogP contribution in [0.4, 0.5) is 0 Å². The molecule has 0 radical (unpaired) electrons. The monoisotopic (exact) mass is 330 g/mol. The van der Waals surface area contributed by atoms with Crippen LogP contribution >= 0.6 is 0 Å². The number of aromatic amines is 1. The Morgan fingerprint density at radius 2 is 1.96 bits per heavy atom. The standard InChI is InChI=1S/C22H22N2O/c1-15-5-3-7-18(13-15)22(25)24-11-9-17(10-12-24)20-14-23-21-16(2)6-4-8-19(20)21/h3-9,13-14,23H,10-12H2,1-2H3. The highest BCUT2D eigenvalue weighted by Gasteiger charge is 2.20. The summed E-state index contributed by atoms with van der Waals surface area (Å²) in [6.07, 6.45) is 5.18. The van der Waals surface area contributed by atoms with Gasteiger partial charge in [-0.25, -0.2) is 0 Å². The van der Waals surface area contributed by atoms with Gasteiger partial charge in [-0.05, 0) is 43.5 Å². The predicted molar refractivity (Wildman–Crippen MR) is 103 cm³/mol. The van der Waals surface area contributed by atoms with E-state index in [1.165, 1.54) is 27.6 Å². The molecule has 1 aliphatic rings. The third-order valence-electron chi connectivity index (χ3n) is 5.03. The van der Waals surface area contributed by atoms with Crippen LogP contribution in [-0.2, 0) is 0 Å². The number of nitrogens with zero attached hydrogens (tertiary/aromatic N) is 1. The maximum absolute atomic E-state index is 12.7. The summed E-state index contributed by atoms with van der Waals surface area (Å²) in [4.78, 5) is 18.0. The number of para-hydroxylation sites is 1. The Morgan fingerprint density at radius 3 is 2.72 bits per heavy atom. The third kappa shape index (κ3) is 2.86. The minimum atomic E-state index is 0.119. The number of H-pyrrole nitrogens is 1. The van der Waals surface area contributed by atoms with E-state index < -0.39 is 0 Å².